The van der Waals surface area contributed by atoms with Crippen molar-refractivity contribution in [3.05, 3.63) is 70.9 Å². The number of likely N-dealkylation sites (N-methyl/N-ethyl adjacent to an activating group) is 1. The predicted octanol–water partition coefficient (Wildman–Crippen LogP) is 4.02. The summed E-state index contributed by atoms with van der Waals surface area (Å²) in [5.74, 6) is 0.0964. The lowest BCUT2D eigenvalue weighted by atomic mass is 9.90. The smallest absolute Gasteiger partial charge is 0.238 e. The molecule has 1 aromatic heterocycles. The van der Waals surface area contributed by atoms with E-state index in [1.165, 1.54) is 10.9 Å². The van der Waals surface area contributed by atoms with Crippen molar-refractivity contribution in [1.82, 2.24) is 15.2 Å². The Morgan fingerprint density at radius 3 is 2.54 bits per heavy atom. The zero-order valence-electron chi connectivity index (χ0n) is 15.3. The van der Waals surface area contributed by atoms with Crippen molar-refractivity contribution in [3.63, 3.8) is 0 Å². The fourth-order valence-electron chi connectivity index (χ4n) is 3.30. The highest BCUT2D eigenvalue weighted by atomic mass is 35.5. The standard InChI is InChI=1S/C21H24ClN3O/c1-14(21(26)25(2)3)23-12-17(15-8-4-6-10-19(15)22)18-13-24-20-11-7-5-9-16(18)20/h4-11,13-14,17,23-24H,12H2,1-3H3/t14-,17-/m1/s1. The molecule has 3 rings (SSSR count). The maximum absolute atomic E-state index is 12.2. The highest BCUT2D eigenvalue weighted by molar-refractivity contribution is 6.31. The van der Waals surface area contributed by atoms with Gasteiger partial charge in [0.1, 0.15) is 0 Å². The third-order valence-electron chi connectivity index (χ3n) is 4.72. The monoisotopic (exact) mass is 369 g/mol. The van der Waals surface area contributed by atoms with E-state index in [0.29, 0.717) is 6.54 Å². The van der Waals surface area contributed by atoms with Crippen LogP contribution < -0.4 is 5.32 Å². The van der Waals surface area contributed by atoms with E-state index in [1.807, 2.05) is 43.5 Å². The van der Waals surface area contributed by atoms with Crippen LogP contribution in [0.15, 0.2) is 54.7 Å². The number of amides is 1. The number of nitrogens with one attached hydrogen (secondary N) is 2. The zero-order valence-corrected chi connectivity index (χ0v) is 16.0. The molecule has 26 heavy (non-hydrogen) atoms. The first kappa shape index (κ1) is 18.5. The van der Waals surface area contributed by atoms with Gasteiger partial charge in [-0.3, -0.25) is 4.79 Å². The number of para-hydroxylation sites is 1. The Kier molecular flexibility index (Phi) is 5.64. The maximum Gasteiger partial charge on any atom is 0.238 e. The minimum Gasteiger partial charge on any atom is -0.361 e. The van der Waals surface area contributed by atoms with Crippen LogP contribution in [-0.4, -0.2) is 42.5 Å². The molecule has 0 bridgehead atoms. The van der Waals surface area contributed by atoms with Crippen LogP contribution in [0.5, 0.6) is 0 Å². The molecule has 0 fully saturated rings. The molecule has 1 amide bonds. The first-order valence-electron chi connectivity index (χ1n) is 8.74. The molecule has 0 spiro atoms. The minimum atomic E-state index is -0.264. The van der Waals surface area contributed by atoms with Crippen molar-refractivity contribution in [2.45, 2.75) is 18.9 Å². The van der Waals surface area contributed by atoms with Gasteiger partial charge in [-0.05, 0) is 30.2 Å². The Morgan fingerprint density at radius 1 is 1.12 bits per heavy atom. The Hall–Kier alpha value is -2.30. The average molecular weight is 370 g/mol. The Balaban J connectivity index is 1.95. The molecular formula is C21H24ClN3O. The number of carbonyl (C=O) groups is 1. The van der Waals surface area contributed by atoms with E-state index in [2.05, 4.69) is 28.5 Å². The SMILES string of the molecule is C[C@@H](NC[C@H](c1ccccc1Cl)c1c[nH]c2ccccc12)C(=O)N(C)C. The highest BCUT2D eigenvalue weighted by Gasteiger charge is 2.22. The fourth-order valence-corrected chi connectivity index (χ4v) is 3.56. The summed E-state index contributed by atoms with van der Waals surface area (Å²) in [4.78, 5) is 17.1. The van der Waals surface area contributed by atoms with Crippen LogP contribution in [-0.2, 0) is 4.79 Å². The van der Waals surface area contributed by atoms with Gasteiger partial charge in [-0.15, -0.1) is 0 Å². The number of aromatic amines is 1. The minimum absolute atomic E-state index is 0.0391. The van der Waals surface area contributed by atoms with Crippen molar-refractivity contribution in [2.75, 3.05) is 20.6 Å². The number of benzene rings is 2. The molecule has 0 aliphatic carbocycles. The second-order valence-corrected chi connectivity index (χ2v) is 7.13. The highest BCUT2D eigenvalue weighted by Crippen LogP contribution is 2.34. The van der Waals surface area contributed by atoms with Crippen molar-refractivity contribution >= 4 is 28.4 Å². The van der Waals surface area contributed by atoms with E-state index in [1.54, 1.807) is 19.0 Å². The maximum atomic E-state index is 12.2. The predicted molar refractivity (Wildman–Crippen MR) is 108 cm³/mol. The number of hydrogen-bond acceptors (Lipinski definition) is 2. The number of nitrogens with zero attached hydrogens (tertiary/aromatic N) is 1. The van der Waals surface area contributed by atoms with Gasteiger partial charge in [0.25, 0.3) is 0 Å². The molecule has 0 radical (unpaired) electrons. The largest absolute Gasteiger partial charge is 0.361 e. The third kappa shape index (κ3) is 3.76. The van der Waals surface area contributed by atoms with E-state index in [0.717, 1.165) is 16.1 Å². The van der Waals surface area contributed by atoms with Gasteiger partial charge in [0.05, 0.1) is 6.04 Å². The average Bonchev–Trinajstić information content (AvgIpc) is 3.06. The van der Waals surface area contributed by atoms with Gasteiger partial charge >= 0.3 is 0 Å². The van der Waals surface area contributed by atoms with Crippen LogP contribution in [0, 0.1) is 0 Å². The van der Waals surface area contributed by atoms with Crippen molar-refractivity contribution in [2.24, 2.45) is 0 Å². The zero-order chi connectivity index (χ0) is 18.7. The lowest BCUT2D eigenvalue weighted by molar-refractivity contribution is -0.130. The molecule has 4 nitrogen and oxygen atoms in total. The van der Waals surface area contributed by atoms with Gasteiger partial charge in [-0.2, -0.15) is 0 Å². The molecule has 3 aromatic rings. The van der Waals surface area contributed by atoms with E-state index in [9.17, 15) is 4.79 Å². The van der Waals surface area contributed by atoms with E-state index in [-0.39, 0.29) is 17.9 Å². The number of carbonyl (C=O) groups excluding carboxylic acids is 1. The molecule has 5 heteroatoms. The van der Waals surface area contributed by atoms with E-state index < -0.39 is 0 Å². The number of hydrogen-bond donors (Lipinski definition) is 2. The molecule has 0 saturated heterocycles. The summed E-state index contributed by atoms with van der Waals surface area (Å²) in [5.41, 5.74) is 3.32. The summed E-state index contributed by atoms with van der Waals surface area (Å²) in [5, 5.41) is 5.28. The Labute approximate surface area is 159 Å². The molecular weight excluding hydrogens is 346 g/mol. The van der Waals surface area contributed by atoms with Gasteiger partial charge in [-0.25, -0.2) is 0 Å². The molecule has 2 aromatic carbocycles. The lowest BCUT2D eigenvalue weighted by Crippen LogP contribution is -2.43. The summed E-state index contributed by atoms with van der Waals surface area (Å²) in [7, 11) is 3.54. The lowest BCUT2D eigenvalue weighted by Gasteiger charge is -2.23. The molecule has 0 aliphatic heterocycles. The van der Waals surface area contributed by atoms with Crippen molar-refractivity contribution < 1.29 is 4.79 Å². The van der Waals surface area contributed by atoms with Crippen LogP contribution in [0.25, 0.3) is 10.9 Å². The van der Waals surface area contributed by atoms with Crippen molar-refractivity contribution in [1.29, 1.82) is 0 Å². The van der Waals surface area contributed by atoms with Crippen LogP contribution in [0.1, 0.15) is 24.0 Å². The number of H-pyrrole nitrogens is 1. The number of fused-ring (bicyclic) bond motifs is 1. The van der Waals surface area contributed by atoms with Gasteiger partial charge < -0.3 is 15.2 Å². The third-order valence-corrected chi connectivity index (χ3v) is 5.06. The molecule has 0 aliphatic rings. The summed E-state index contributed by atoms with van der Waals surface area (Å²) >= 11 is 6.50. The van der Waals surface area contributed by atoms with Crippen LogP contribution in [0.3, 0.4) is 0 Å². The molecule has 0 saturated carbocycles. The molecule has 2 atom stereocenters. The van der Waals surface area contributed by atoms with E-state index in [4.69, 9.17) is 11.6 Å². The summed E-state index contributed by atoms with van der Waals surface area (Å²) < 4.78 is 0. The van der Waals surface area contributed by atoms with Gasteiger partial charge in [0.2, 0.25) is 5.91 Å². The summed E-state index contributed by atoms with van der Waals surface area (Å²) in [6, 6.07) is 15.9. The van der Waals surface area contributed by atoms with Crippen LogP contribution in [0.4, 0.5) is 0 Å². The Bertz CT molecular complexity index is 903. The first-order valence-corrected chi connectivity index (χ1v) is 9.12. The summed E-state index contributed by atoms with van der Waals surface area (Å²) in [6.45, 7) is 2.51. The molecule has 1 heterocycles. The molecule has 0 unspecified atom stereocenters. The number of halogens is 1. The Morgan fingerprint density at radius 2 is 1.81 bits per heavy atom. The fraction of sp³-hybridized carbons (Fsp3) is 0.286. The quantitative estimate of drug-likeness (QED) is 0.689. The van der Waals surface area contributed by atoms with E-state index >= 15 is 0 Å². The molecule has 136 valence electrons. The van der Waals surface area contributed by atoms with Gasteiger partial charge in [0, 0.05) is 48.7 Å². The van der Waals surface area contributed by atoms with Gasteiger partial charge in [0.15, 0.2) is 0 Å². The van der Waals surface area contributed by atoms with Crippen molar-refractivity contribution in [3.8, 4) is 0 Å². The van der Waals surface area contributed by atoms with Gasteiger partial charge in [-0.1, -0.05) is 48.0 Å². The molecule has 2 N–H and O–H groups in total. The van der Waals surface area contributed by atoms with Crippen LogP contribution in [0.2, 0.25) is 5.02 Å². The number of aromatic nitrogens is 1. The first-order chi connectivity index (χ1) is 12.5. The normalized spacial score (nSPS) is 13.5. The summed E-state index contributed by atoms with van der Waals surface area (Å²) in [6.07, 6.45) is 2.04. The second-order valence-electron chi connectivity index (χ2n) is 6.73. The second kappa shape index (κ2) is 7.94. The topological polar surface area (TPSA) is 48.1 Å². The van der Waals surface area contributed by atoms with Crippen LogP contribution >= 0.6 is 11.6 Å². The number of rotatable bonds is 6.